The number of nitrogens with one attached hydrogen (secondary N) is 1. The Balaban J connectivity index is 2.07. The lowest BCUT2D eigenvalue weighted by Crippen LogP contribution is -2.16. The summed E-state index contributed by atoms with van der Waals surface area (Å²) < 4.78 is 5.39. The molecule has 0 amide bonds. The van der Waals surface area contributed by atoms with Crippen molar-refractivity contribution in [1.82, 2.24) is 0 Å². The molecule has 2 nitrogen and oxygen atoms in total. The van der Waals surface area contributed by atoms with E-state index in [2.05, 4.69) is 30.4 Å². The molecule has 0 saturated carbocycles. The maximum Gasteiger partial charge on any atom is 0.155 e. The molecule has 62 valence electrons. The summed E-state index contributed by atoms with van der Waals surface area (Å²) in [6.45, 7) is 2.13. The molecule has 2 unspecified atom stereocenters. The van der Waals surface area contributed by atoms with Crippen LogP contribution in [0.5, 0.6) is 0 Å². The summed E-state index contributed by atoms with van der Waals surface area (Å²) in [4.78, 5) is 0. The first-order valence-electron chi connectivity index (χ1n) is 4.34. The maximum absolute atomic E-state index is 5.39. The predicted octanol–water partition coefficient (Wildman–Crippen LogP) is 1.69. The van der Waals surface area contributed by atoms with E-state index in [0.29, 0.717) is 12.3 Å². The van der Waals surface area contributed by atoms with Crippen molar-refractivity contribution >= 4 is 5.69 Å². The zero-order valence-corrected chi connectivity index (χ0v) is 7.00. The minimum atomic E-state index is 0.306. The molecule has 2 aliphatic heterocycles. The van der Waals surface area contributed by atoms with Crippen LogP contribution in [-0.2, 0) is 11.2 Å². The van der Waals surface area contributed by atoms with Crippen molar-refractivity contribution < 1.29 is 4.74 Å². The van der Waals surface area contributed by atoms with Crippen LogP contribution < -0.4 is 5.32 Å². The highest BCUT2D eigenvalue weighted by Gasteiger charge is 2.42. The average Bonchev–Trinajstić information content (AvgIpc) is 2.77. The van der Waals surface area contributed by atoms with E-state index < -0.39 is 0 Å². The summed E-state index contributed by atoms with van der Waals surface area (Å²) in [6.07, 6.45) is 1.83. The first kappa shape index (κ1) is 6.49. The molecule has 2 aliphatic rings. The topological polar surface area (TPSA) is 24.6 Å². The van der Waals surface area contributed by atoms with Gasteiger partial charge in [0.05, 0.1) is 0 Å². The molecule has 3 rings (SSSR count). The summed E-state index contributed by atoms with van der Waals surface area (Å²) >= 11 is 0. The standard InChI is InChI=1S/C10H11NO/c1-6-2-3-8-7(4-6)5-9-10(11-8)12-9/h2-4,9-11H,5H2,1H3. The van der Waals surface area contributed by atoms with Crippen molar-refractivity contribution in [3.63, 3.8) is 0 Å². The number of aryl methyl sites for hydroxylation is 1. The minimum absolute atomic E-state index is 0.306. The molecule has 0 spiro atoms. The molecule has 0 aromatic heterocycles. The van der Waals surface area contributed by atoms with Crippen LogP contribution in [0.25, 0.3) is 0 Å². The zero-order valence-electron chi connectivity index (χ0n) is 7.00. The number of benzene rings is 1. The lowest BCUT2D eigenvalue weighted by molar-refractivity contribution is 0.385. The molecule has 1 fully saturated rings. The SMILES string of the molecule is Cc1ccc2c(c1)CC1OC1N2. The lowest BCUT2D eigenvalue weighted by atomic mass is 10.0. The maximum atomic E-state index is 5.39. The fourth-order valence-corrected chi connectivity index (χ4v) is 1.83. The number of anilines is 1. The summed E-state index contributed by atoms with van der Waals surface area (Å²) in [6, 6.07) is 6.51. The molecule has 1 saturated heterocycles. The van der Waals surface area contributed by atoms with Gasteiger partial charge in [-0.2, -0.15) is 0 Å². The average molecular weight is 161 g/mol. The molecule has 0 bridgehead atoms. The molecule has 1 aromatic carbocycles. The van der Waals surface area contributed by atoms with Crippen molar-refractivity contribution in [3.8, 4) is 0 Å². The van der Waals surface area contributed by atoms with Gasteiger partial charge in [-0.15, -0.1) is 0 Å². The van der Waals surface area contributed by atoms with E-state index in [1.54, 1.807) is 0 Å². The number of hydrogen-bond donors (Lipinski definition) is 1. The van der Waals surface area contributed by atoms with Gasteiger partial charge in [-0.25, -0.2) is 0 Å². The van der Waals surface area contributed by atoms with E-state index in [0.717, 1.165) is 6.42 Å². The highest BCUT2D eigenvalue weighted by Crippen LogP contribution is 2.35. The molecular formula is C10H11NO. The van der Waals surface area contributed by atoms with Crippen molar-refractivity contribution in [2.75, 3.05) is 5.32 Å². The van der Waals surface area contributed by atoms with Gasteiger partial charge < -0.3 is 10.1 Å². The fraction of sp³-hybridized carbons (Fsp3) is 0.400. The number of epoxide rings is 1. The number of rotatable bonds is 0. The van der Waals surface area contributed by atoms with Gasteiger partial charge in [0.2, 0.25) is 0 Å². The van der Waals surface area contributed by atoms with Crippen LogP contribution in [-0.4, -0.2) is 12.3 Å². The number of fused-ring (bicyclic) bond motifs is 2. The molecule has 1 aromatic rings. The van der Waals surface area contributed by atoms with Crippen molar-refractivity contribution in [2.45, 2.75) is 25.7 Å². The Morgan fingerprint density at radius 1 is 1.50 bits per heavy atom. The first-order valence-corrected chi connectivity index (χ1v) is 4.34. The van der Waals surface area contributed by atoms with Crippen molar-refractivity contribution in [2.24, 2.45) is 0 Å². The van der Waals surface area contributed by atoms with Crippen LogP contribution in [0, 0.1) is 6.92 Å². The first-order chi connectivity index (χ1) is 5.83. The fourth-order valence-electron chi connectivity index (χ4n) is 1.83. The van der Waals surface area contributed by atoms with Crippen molar-refractivity contribution in [1.29, 1.82) is 0 Å². The number of ether oxygens (including phenoxy) is 1. The van der Waals surface area contributed by atoms with Gasteiger partial charge >= 0.3 is 0 Å². The molecule has 2 heteroatoms. The molecular weight excluding hydrogens is 150 g/mol. The Kier molecular flexibility index (Phi) is 1.09. The van der Waals surface area contributed by atoms with Crippen LogP contribution >= 0.6 is 0 Å². The quantitative estimate of drug-likeness (QED) is 0.585. The summed E-state index contributed by atoms with van der Waals surface area (Å²) in [7, 11) is 0. The Bertz CT molecular complexity index is 335. The van der Waals surface area contributed by atoms with Gasteiger partial charge in [0.15, 0.2) is 6.23 Å². The minimum Gasteiger partial charge on any atom is -0.358 e. The largest absolute Gasteiger partial charge is 0.358 e. The van der Waals surface area contributed by atoms with E-state index >= 15 is 0 Å². The van der Waals surface area contributed by atoms with Crippen LogP contribution in [0.15, 0.2) is 18.2 Å². The highest BCUT2D eigenvalue weighted by molar-refractivity contribution is 5.56. The van der Waals surface area contributed by atoms with Crippen LogP contribution in [0.4, 0.5) is 5.69 Å². The third-order valence-corrected chi connectivity index (χ3v) is 2.56. The third-order valence-electron chi connectivity index (χ3n) is 2.56. The van der Waals surface area contributed by atoms with Gasteiger partial charge in [0.1, 0.15) is 6.10 Å². The molecule has 12 heavy (non-hydrogen) atoms. The zero-order chi connectivity index (χ0) is 8.13. The summed E-state index contributed by atoms with van der Waals surface area (Å²) in [5, 5.41) is 3.34. The van der Waals surface area contributed by atoms with E-state index in [-0.39, 0.29) is 0 Å². The normalized spacial score (nSPS) is 30.1. The van der Waals surface area contributed by atoms with E-state index in [9.17, 15) is 0 Å². The van der Waals surface area contributed by atoms with Gasteiger partial charge in [0.25, 0.3) is 0 Å². The molecule has 0 aliphatic carbocycles. The van der Waals surface area contributed by atoms with E-state index in [1.165, 1.54) is 16.8 Å². The summed E-state index contributed by atoms with van der Waals surface area (Å²) in [5.41, 5.74) is 3.97. The van der Waals surface area contributed by atoms with Crippen molar-refractivity contribution in [3.05, 3.63) is 29.3 Å². The van der Waals surface area contributed by atoms with Crippen LogP contribution in [0.1, 0.15) is 11.1 Å². The third kappa shape index (κ3) is 0.847. The second kappa shape index (κ2) is 2.02. The Morgan fingerprint density at radius 3 is 3.33 bits per heavy atom. The van der Waals surface area contributed by atoms with E-state index in [4.69, 9.17) is 4.74 Å². The molecule has 2 heterocycles. The Hall–Kier alpha value is -1.02. The Morgan fingerprint density at radius 2 is 2.42 bits per heavy atom. The lowest BCUT2D eigenvalue weighted by Gasteiger charge is -2.14. The van der Waals surface area contributed by atoms with Gasteiger partial charge in [-0.1, -0.05) is 17.7 Å². The predicted molar refractivity (Wildman–Crippen MR) is 47.2 cm³/mol. The molecule has 2 atom stereocenters. The second-order valence-corrected chi connectivity index (χ2v) is 3.60. The van der Waals surface area contributed by atoms with Gasteiger partial charge in [-0.3, -0.25) is 0 Å². The summed E-state index contributed by atoms with van der Waals surface area (Å²) in [5.74, 6) is 0. The van der Waals surface area contributed by atoms with Gasteiger partial charge in [-0.05, 0) is 18.6 Å². The second-order valence-electron chi connectivity index (χ2n) is 3.60. The van der Waals surface area contributed by atoms with Gasteiger partial charge in [0, 0.05) is 12.1 Å². The molecule has 1 N–H and O–H groups in total. The molecule has 0 radical (unpaired) electrons. The Labute approximate surface area is 71.5 Å². The highest BCUT2D eigenvalue weighted by atomic mass is 16.6. The monoisotopic (exact) mass is 161 g/mol. The van der Waals surface area contributed by atoms with Crippen LogP contribution in [0.2, 0.25) is 0 Å². The number of hydrogen-bond acceptors (Lipinski definition) is 2. The van der Waals surface area contributed by atoms with Crippen LogP contribution in [0.3, 0.4) is 0 Å². The van der Waals surface area contributed by atoms with E-state index in [1.807, 2.05) is 0 Å². The smallest absolute Gasteiger partial charge is 0.155 e.